The highest BCUT2D eigenvalue weighted by Crippen LogP contribution is 2.24. The number of halogens is 2. The number of aryl methyl sites for hydroxylation is 1. The van der Waals surface area contributed by atoms with Crippen LogP contribution in [0.4, 0.5) is 0 Å². The normalized spacial score (nSPS) is 10.7. The summed E-state index contributed by atoms with van der Waals surface area (Å²) in [4.78, 5) is 12.0. The fraction of sp³-hybridized carbons (Fsp3) is 0.125. The molecule has 0 bridgehead atoms. The van der Waals surface area contributed by atoms with Crippen LogP contribution in [0.2, 0.25) is 10.0 Å². The number of carbonyl (C=O) groups is 1. The molecule has 2 aromatic carbocycles. The average Bonchev–Trinajstić information content (AvgIpc) is 2.47. The van der Waals surface area contributed by atoms with Crippen LogP contribution in [0, 0.1) is 6.92 Å². The van der Waals surface area contributed by atoms with Gasteiger partial charge in [-0.15, -0.1) is 0 Å². The number of carbonyl (C=O) groups excluding carboxylic acids is 1. The lowest BCUT2D eigenvalue weighted by Crippen LogP contribution is -2.18. The van der Waals surface area contributed by atoms with Crippen LogP contribution in [0.1, 0.15) is 21.5 Å². The molecule has 1 amide bonds. The lowest BCUT2D eigenvalue weighted by Gasteiger charge is -2.04. The number of nitrogens with one attached hydrogen (secondary N) is 1. The minimum atomic E-state index is -0.374. The van der Waals surface area contributed by atoms with Gasteiger partial charge in [-0.05, 0) is 48.4 Å². The fourth-order valence-electron chi connectivity index (χ4n) is 1.79. The van der Waals surface area contributed by atoms with Crippen molar-refractivity contribution in [3.05, 3.63) is 63.1 Å². The second kappa shape index (κ2) is 7.29. The van der Waals surface area contributed by atoms with E-state index in [1.165, 1.54) is 6.21 Å². The number of rotatable bonds is 4. The summed E-state index contributed by atoms with van der Waals surface area (Å²) < 4.78 is 5.06. The largest absolute Gasteiger partial charge is 0.495 e. The van der Waals surface area contributed by atoms with Crippen LogP contribution in [0.5, 0.6) is 5.75 Å². The minimum absolute atomic E-state index is 0.372. The number of methoxy groups -OCH3 is 1. The first-order valence-electron chi connectivity index (χ1n) is 6.44. The van der Waals surface area contributed by atoms with E-state index < -0.39 is 0 Å². The van der Waals surface area contributed by atoms with Crippen LogP contribution in [-0.4, -0.2) is 19.2 Å². The summed E-state index contributed by atoms with van der Waals surface area (Å²) in [6, 6.07) is 10.4. The molecule has 0 atom stereocenters. The standard InChI is InChI=1S/C16H14Cl2N2O2/c1-10-3-5-12(13(17)7-10)16(21)20-19-9-11-4-6-15(22-2)14(18)8-11/h3-9H,1-2H3,(H,20,21)/b19-9+. The van der Waals surface area contributed by atoms with Gasteiger partial charge >= 0.3 is 0 Å². The molecule has 0 heterocycles. The van der Waals surface area contributed by atoms with E-state index in [-0.39, 0.29) is 5.91 Å². The molecule has 0 aliphatic heterocycles. The Morgan fingerprint density at radius 1 is 1.18 bits per heavy atom. The number of hydrogen-bond donors (Lipinski definition) is 1. The Labute approximate surface area is 138 Å². The summed E-state index contributed by atoms with van der Waals surface area (Å²) in [7, 11) is 1.54. The number of hydrazone groups is 1. The van der Waals surface area contributed by atoms with E-state index in [0.29, 0.717) is 21.4 Å². The highest BCUT2D eigenvalue weighted by atomic mass is 35.5. The van der Waals surface area contributed by atoms with Gasteiger partial charge in [0.2, 0.25) is 0 Å². The maximum absolute atomic E-state index is 12.0. The Morgan fingerprint density at radius 2 is 1.95 bits per heavy atom. The van der Waals surface area contributed by atoms with Crippen LogP contribution in [0.15, 0.2) is 41.5 Å². The number of amides is 1. The van der Waals surface area contributed by atoms with E-state index in [0.717, 1.165) is 11.1 Å². The molecule has 0 radical (unpaired) electrons. The molecule has 0 aliphatic carbocycles. The maximum Gasteiger partial charge on any atom is 0.272 e. The molecule has 6 heteroatoms. The molecule has 22 heavy (non-hydrogen) atoms. The number of hydrogen-bond acceptors (Lipinski definition) is 3. The molecule has 2 aromatic rings. The number of benzene rings is 2. The molecular weight excluding hydrogens is 323 g/mol. The lowest BCUT2D eigenvalue weighted by atomic mass is 10.1. The zero-order valence-corrected chi connectivity index (χ0v) is 13.6. The Kier molecular flexibility index (Phi) is 5.41. The zero-order valence-electron chi connectivity index (χ0n) is 12.1. The Balaban J connectivity index is 2.05. The van der Waals surface area contributed by atoms with E-state index in [2.05, 4.69) is 10.5 Å². The molecule has 0 saturated heterocycles. The van der Waals surface area contributed by atoms with Crippen molar-refractivity contribution < 1.29 is 9.53 Å². The lowest BCUT2D eigenvalue weighted by molar-refractivity contribution is 0.0955. The second-order valence-corrected chi connectivity index (χ2v) is 5.39. The molecule has 114 valence electrons. The SMILES string of the molecule is COc1ccc(/C=N/NC(=O)c2ccc(C)cc2Cl)cc1Cl. The van der Waals surface area contributed by atoms with Crippen molar-refractivity contribution in [1.29, 1.82) is 0 Å². The number of nitrogens with zero attached hydrogens (tertiary/aromatic N) is 1. The van der Waals surface area contributed by atoms with Crippen molar-refractivity contribution in [2.75, 3.05) is 7.11 Å². The van der Waals surface area contributed by atoms with Crippen LogP contribution in [-0.2, 0) is 0 Å². The van der Waals surface area contributed by atoms with Gasteiger partial charge in [0.05, 0.1) is 28.9 Å². The van der Waals surface area contributed by atoms with E-state index in [1.807, 2.05) is 13.0 Å². The Morgan fingerprint density at radius 3 is 2.59 bits per heavy atom. The Hall–Kier alpha value is -2.04. The van der Waals surface area contributed by atoms with Crippen LogP contribution in [0.25, 0.3) is 0 Å². The van der Waals surface area contributed by atoms with Crippen LogP contribution >= 0.6 is 23.2 Å². The van der Waals surface area contributed by atoms with Crippen molar-refractivity contribution in [2.45, 2.75) is 6.92 Å². The molecule has 1 N–H and O–H groups in total. The summed E-state index contributed by atoms with van der Waals surface area (Å²) in [5.74, 6) is 0.204. The third kappa shape index (κ3) is 4.00. The molecule has 0 aromatic heterocycles. The molecule has 0 unspecified atom stereocenters. The summed E-state index contributed by atoms with van der Waals surface area (Å²) in [5.41, 5.74) is 4.52. The summed E-state index contributed by atoms with van der Waals surface area (Å²) in [6.07, 6.45) is 1.49. The van der Waals surface area contributed by atoms with Gasteiger partial charge in [-0.1, -0.05) is 29.3 Å². The number of ether oxygens (including phenoxy) is 1. The highest BCUT2D eigenvalue weighted by molar-refractivity contribution is 6.34. The first-order valence-corrected chi connectivity index (χ1v) is 7.20. The molecule has 0 aliphatic rings. The quantitative estimate of drug-likeness (QED) is 0.675. The molecule has 0 saturated carbocycles. The van der Waals surface area contributed by atoms with Crippen LogP contribution < -0.4 is 10.2 Å². The van der Waals surface area contributed by atoms with E-state index in [9.17, 15) is 4.79 Å². The topological polar surface area (TPSA) is 50.7 Å². The molecular formula is C16H14Cl2N2O2. The maximum atomic E-state index is 12.0. The smallest absolute Gasteiger partial charge is 0.272 e. The average molecular weight is 337 g/mol. The van der Waals surface area contributed by atoms with Crippen molar-refractivity contribution in [2.24, 2.45) is 5.10 Å². The van der Waals surface area contributed by atoms with Gasteiger partial charge in [0.1, 0.15) is 5.75 Å². The van der Waals surface area contributed by atoms with Crippen molar-refractivity contribution in [3.63, 3.8) is 0 Å². The van der Waals surface area contributed by atoms with Gasteiger partial charge in [0, 0.05) is 0 Å². The molecule has 0 spiro atoms. The van der Waals surface area contributed by atoms with Crippen molar-refractivity contribution in [1.82, 2.24) is 5.43 Å². The monoisotopic (exact) mass is 336 g/mol. The van der Waals surface area contributed by atoms with E-state index >= 15 is 0 Å². The second-order valence-electron chi connectivity index (χ2n) is 4.58. The molecule has 2 rings (SSSR count). The van der Waals surface area contributed by atoms with Gasteiger partial charge in [-0.2, -0.15) is 5.10 Å². The van der Waals surface area contributed by atoms with Gasteiger partial charge < -0.3 is 4.74 Å². The van der Waals surface area contributed by atoms with Crippen molar-refractivity contribution >= 4 is 35.3 Å². The predicted octanol–water partition coefficient (Wildman–Crippen LogP) is 4.07. The van der Waals surface area contributed by atoms with E-state index in [4.69, 9.17) is 27.9 Å². The van der Waals surface area contributed by atoms with Gasteiger partial charge in [-0.25, -0.2) is 5.43 Å². The first-order chi connectivity index (χ1) is 10.5. The van der Waals surface area contributed by atoms with Crippen LogP contribution in [0.3, 0.4) is 0 Å². The highest BCUT2D eigenvalue weighted by Gasteiger charge is 2.09. The molecule has 4 nitrogen and oxygen atoms in total. The third-order valence-electron chi connectivity index (χ3n) is 2.92. The predicted molar refractivity (Wildman–Crippen MR) is 89.3 cm³/mol. The van der Waals surface area contributed by atoms with Gasteiger partial charge in [-0.3, -0.25) is 4.79 Å². The van der Waals surface area contributed by atoms with E-state index in [1.54, 1.807) is 37.4 Å². The summed E-state index contributed by atoms with van der Waals surface area (Å²) in [6.45, 7) is 1.90. The van der Waals surface area contributed by atoms with Gasteiger partial charge in [0.15, 0.2) is 0 Å². The zero-order chi connectivity index (χ0) is 16.1. The van der Waals surface area contributed by atoms with Crippen molar-refractivity contribution in [3.8, 4) is 5.75 Å². The summed E-state index contributed by atoms with van der Waals surface area (Å²) >= 11 is 12.0. The Bertz CT molecular complexity index is 730. The fourth-order valence-corrected chi connectivity index (χ4v) is 2.38. The first kappa shape index (κ1) is 16.3. The summed E-state index contributed by atoms with van der Waals surface area (Å²) in [5, 5.41) is 4.76. The van der Waals surface area contributed by atoms with Gasteiger partial charge in [0.25, 0.3) is 5.91 Å². The molecule has 0 fully saturated rings. The third-order valence-corrected chi connectivity index (χ3v) is 3.53. The minimum Gasteiger partial charge on any atom is -0.495 e.